The fourth-order valence-electron chi connectivity index (χ4n) is 1.58. The summed E-state index contributed by atoms with van der Waals surface area (Å²) in [6, 6.07) is 14.0. The number of nitrogens with one attached hydrogen (secondary N) is 1. The maximum atomic E-state index is 12.7. The molecule has 0 spiro atoms. The van der Waals surface area contributed by atoms with E-state index < -0.39 is 24.3 Å². The second-order valence-corrected chi connectivity index (χ2v) is 4.32. The average molecular weight is 303 g/mol. The number of carbonyl (C=O) groups is 2. The Bertz CT molecular complexity index is 628. The number of amides is 1. The molecule has 0 aliphatic heterocycles. The number of benzene rings is 2. The Morgan fingerprint density at radius 2 is 1.64 bits per heavy atom. The number of ether oxygens (including phenoxy) is 2. The van der Waals surface area contributed by atoms with Crippen molar-refractivity contribution in [2.45, 2.75) is 0 Å². The molecule has 0 unspecified atom stereocenters. The zero-order chi connectivity index (χ0) is 15.8. The molecule has 1 amide bonds. The van der Waals surface area contributed by atoms with Crippen LogP contribution in [0.5, 0.6) is 5.75 Å². The van der Waals surface area contributed by atoms with Crippen LogP contribution in [-0.2, 0) is 14.3 Å². The summed E-state index contributed by atoms with van der Waals surface area (Å²) >= 11 is 0. The van der Waals surface area contributed by atoms with Crippen molar-refractivity contribution in [1.82, 2.24) is 0 Å². The molecule has 0 heterocycles. The Morgan fingerprint density at radius 3 is 2.32 bits per heavy atom. The van der Waals surface area contributed by atoms with E-state index in [1.807, 2.05) is 6.07 Å². The number of rotatable bonds is 6. The highest BCUT2D eigenvalue weighted by Crippen LogP contribution is 2.09. The van der Waals surface area contributed by atoms with E-state index >= 15 is 0 Å². The van der Waals surface area contributed by atoms with E-state index in [1.54, 1.807) is 24.3 Å². The first-order valence-corrected chi connectivity index (χ1v) is 6.52. The molecule has 6 heteroatoms. The van der Waals surface area contributed by atoms with Crippen molar-refractivity contribution in [1.29, 1.82) is 0 Å². The third kappa shape index (κ3) is 5.24. The van der Waals surface area contributed by atoms with E-state index in [4.69, 9.17) is 9.47 Å². The highest BCUT2D eigenvalue weighted by molar-refractivity contribution is 5.92. The molecule has 0 aromatic heterocycles. The zero-order valence-electron chi connectivity index (χ0n) is 11.6. The summed E-state index contributed by atoms with van der Waals surface area (Å²) < 4.78 is 22.7. The summed E-state index contributed by atoms with van der Waals surface area (Å²) in [5.74, 6) is -1.03. The molecule has 22 heavy (non-hydrogen) atoms. The lowest BCUT2D eigenvalue weighted by atomic mass is 10.3. The number of hydrogen-bond acceptors (Lipinski definition) is 4. The van der Waals surface area contributed by atoms with E-state index in [-0.39, 0.29) is 6.61 Å². The lowest BCUT2D eigenvalue weighted by Crippen LogP contribution is -2.23. The van der Waals surface area contributed by atoms with Crippen molar-refractivity contribution in [2.24, 2.45) is 0 Å². The minimum absolute atomic E-state index is 0.284. The van der Waals surface area contributed by atoms with Crippen molar-refractivity contribution < 1.29 is 23.5 Å². The van der Waals surface area contributed by atoms with Crippen molar-refractivity contribution in [3.8, 4) is 5.75 Å². The molecule has 5 nitrogen and oxygen atoms in total. The first-order chi connectivity index (χ1) is 10.6. The van der Waals surface area contributed by atoms with Gasteiger partial charge in [-0.2, -0.15) is 0 Å². The first kappa shape index (κ1) is 15.5. The summed E-state index contributed by atoms with van der Waals surface area (Å²) in [7, 11) is 0. The van der Waals surface area contributed by atoms with Crippen molar-refractivity contribution in [3.05, 3.63) is 60.4 Å². The molecule has 1 N–H and O–H groups in total. The van der Waals surface area contributed by atoms with Crippen LogP contribution in [0.2, 0.25) is 0 Å². The van der Waals surface area contributed by atoms with Crippen LogP contribution in [0.25, 0.3) is 0 Å². The lowest BCUT2D eigenvalue weighted by Gasteiger charge is -2.07. The van der Waals surface area contributed by atoms with E-state index in [2.05, 4.69) is 5.32 Å². The minimum atomic E-state index is -0.655. The number of carbonyl (C=O) groups excluding carboxylic acids is 2. The van der Waals surface area contributed by atoms with Crippen LogP contribution < -0.4 is 10.1 Å². The molecule has 114 valence electrons. The summed E-state index contributed by atoms with van der Waals surface area (Å²) in [6.45, 7) is -0.720. The van der Waals surface area contributed by atoms with Gasteiger partial charge in [-0.1, -0.05) is 18.2 Å². The van der Waals surface area contributed by atoms with Gasteiger partial charge in [-0.3, -0.25) is 4.79 Å². The van der Waals surface area contributed by atoms with Crippen LogP contribution >= 0.6 is 0 Å². The van der Waals surface area contributed by atoms with Gasteiger partial charge in [0.05, 0.1) is 0 Å². The molecule has 0 saturated carbocycles. The smallest absolute Gasteiger partial charge is 0.344 e. The Kier molecular flexibility index (Phi) is 5.48. The highest BCUT2D eigenvalue weighted by Gasteiger charge is 2.08. The van der Waals surface area contributed by atoms with Gasteiger partial charge in [-0.15, -0.1) is 0 Å². The Labute approximate surface area is 126 Å². The van der Waals surface area contributed by atoms with Crippen molar-refractivity contribution in [3.63, 3.8) is 0 Å². The Morgan fingerprint density at radius 1 is 0.955 bits per heavy atom. The van der Waals surface area contributed by atoms with E-state index in [0.29, 0.717) is 11.4 Å². The molecule has 0 saturated heterocycles. The predicted octanol–water partition coefficient (Wildman–Crippen LogP) is 2.39. The van der Waals surface area contributed by atoms with E-state index in [0.717, 1.165) is 0 Å². The van der Waals surface area contributed by atoms with Crippen LogP contribution in [-0.4, -0.2) is 25.1 Å². The largest absolute Gasteiger partial charge is 0.482 e. The van der Waals surface area contributed by atoms with Crippen molar-refractivity contribution >= 4 is 17.6 Å². The van der Waals surface area contributed by atoms with Crippen LogP contribution in [0.15, 0.2) is 54.6 Å². The van der Waals surface area contributed by atoms with Gasteiger partial charge in [0.25, 0.3) is 5.91 Å². The molecule has 0 aliphatic carbocycles. The molecule has 0 fully saturated rings. The number of para-hydroxylation sites is 1. The second-order valence-electron chi connectivity index (χ2n) is 4.32. The van der Waals surface area contributed by atoms with Crippen LogP contribution in [0.1, 0.15) is 0 Å². The van der Waals surface area contributed by atoms with Gasteiger partial charge in [-0.05, 0) is 36.4 Å². The van der Waals surface area contributed by atoms with E-state index in [1.165, 1.54) is 24.3 Å². The minimum Gasteiger partial charge on any atom is -0.482 e. The monoisotopic (exact) mass is 303 g/mol. The van der Waals surface area contributed by atoms with E-state index in [9.17, 15) is 14.0 Å². The third-order valence-electron chi connectivity index (χ3n) is 2.59. The molecule has 0 atom stereocenters. The van der Waals surface area contributed by atoms with Crippen LogP contribution in [0, 0.1) is 5.82 Å². The molecular formula is C16H14FNO4. The Balaban J connectivity index is 1.69. The van der Waals surface area contributed by atoms with Crippen molar-refractivity contribution in [2.75, 3.05) is 18.5 Å². The first-order valence-electron chi connectivity index (χ1n) is 6.52. The van der Waals surface area contributed by atoms with Gasteiger partial charge in [0.1, 0.15) is 11.6 Å². The maximum absolute atomic E-state index is 12.7. The predicted molar refractivity (Wildman–Crippen MR) is 77.9 cm³/mol. The quantitative estimate of drug-likeness (QED) is 0.832. The fraction of sp³-hybridized carbons (Fsp3) is 0.125. The molecule has 2 aromatic carbocycles. The number of esters is 1. The summed E-state index contributed by atoms with van der Waals surface area (Å²) in [4.78, 5) is 23.0. The normalized spacial score (nSPS) is 9.86. The second kappa shape index (κ2) is 7.78. The highest BCUT2D eigenvalue weighted by atomic mass is 19.1. The van der Waals surface area contributed by atoms with Gasteiger partial charge >= 0.3 is 5.97 Å². The van der Waals surface area contributed by atoms with Gasteiger partial charge < -0.3 is 14.8 Å². The van der Waals surface area contributed by atoms with Crippen LogP contribution in [0.4, 0.5) is 10.1 Å². The molecule has 0 radical (unpaired) electrons. The fourth-order valence-corrected chi connectivity index (χ4v) is 1.58. The SMILES string of the molecule is O=C(COC(=O)COc1ccccc1)Nc1ccc(F)cc1. The summed E-state index contributed by atoms with van der Waals surface area (Å²) in [5.41, 5.74) is 0.419. The zero-order valence-corrected chi connectivity index (χ0v) is 11.6. The van der Waals surface area contributed by atoms with Gasteiger partial charge in [-0.25, -0.2) is 9.18 Å². The molecule has 0 aliphatic rings. The summed E-state index contributed by atoms with van der Waals surface area (Å²) in [5, 5.41) is 2.47. The third-order valence-corrected chi connectivity index (χ3v) is 2.59. The Hall–Kier alpha value is -2.89. The number of hydrogen-bond donors (Lipinski definition) is 1. The molecule has 2 rings (SSSR count). The lowest BCUT2D eigenvalue weighted by molar-refractivity contribution is -0.149. The summed E-state index contributed by atoms with van der Waals surface area (Å²) in [6.07, 6.45) is 0. The average Bonchev–Trinajstić information content (AvgIpc) is 2.54. The van der Waals surface area contributed by atoms with Gasteiger partial charge in [0.15, 0.2) is 13.2 Å². The number of halogens is 1. The van der Waals surface area contributed by atoms with Gasteiger partial charge in [0, 0.05) is 5.69 Å². The molecular weight excluding hydrogens is 289 g/mol. The maximum Gasteiger partial charge on any atom is 0.344 e. The number of anilines is 1. The molecule has 2 aromatic rings. The standard InChI is InChI=1S/C16H14FNO4/c17-12-6-8-13(9-7-12)18-15(19)10-22-16(20)11-21-14-4-2-1-3-5-14/h1-9H,10-11H2,(H,18,19). The molecule has 0 bridgehead atoms. The van der Waals surface area contributed by atoms with Gasteiger partial charge in [0.2, 0.25) is 0 Å². The topological polar surface area (TPSA) is 64.6 Å². The van der Waals surface area contributed by atoms with Crippen LogP contribution in [0.3, 0.4) is 0 Å².